The first-order valence-electron chi connectivity index (χ1n) is 1.50. The van der Waals surface area contributed by atoms with Crippen LogP contribution in [0.1, 0.15) is 0 Å². The van der Waals surface area contributed by atoms with Crippen molar-refractivity contribution in [2.24, 2.45) is 0 Å². The van der Waals surface area contributed by atoms with Crippen molar-refractivity contribution >= 4 is 43.5 Å². The molecule has 14 heteroatoms. The van der Waals surface area contributed by atoms with Gasteiger partial charge in [-0.3, -0.25) is 0 Å². The SMILES string of the molecule is O=[Se]([O-])[O-].O=[Se]([O-])[O-].O=[Se]([O-])[O-].[Na+].[V]. The summed E-state index contributed by atoms with van der Waals surface area (Å²) in [6.45, 7) is 0. The minimum Gasteiger partial charge on any atom is 0 e. The quantitative estimate of drug-likeness (QED) is 0.320. The van der Waals surface area contributed by atoms with Crippen molar-refractivity contribution in [1.29, 1.82) is 0 Å². The van der Waals surface area contributed by atoms with E-state index in [4.69, 9.17) is 36.6 Å². The van der Waals surface area contributed by atoms with E-state index < -0.39 is 43.5 Å². The van der Waals surface area contributed by atoms with Gasteiger partial charge in [-0.2, -0.15) is 0 Å². The van der Waals surface area contributed by atoms with Crippen molar-refractivity contribution in [3.8, 4) is 0 Å². The van der Waals surface area contributed by atoms with Crippen LogP contribution in [0.4, 0.5) is 0 Å². The smallest absolute Gasteiger partial charge is 0 e. The molecule has 0 aliphatic carbocycles. The van der Waals surface area contributed by atoms with Gasteiger partial charge in [-0.15, -0.1) is 0 Å². The second-order valence-corrected chi connectivity index (χ2v) is 3.18. The molecule has 0 rings (SSSR count). The fourth-order valence-corrected chi connectivity index (χ4v) is 0. The van der Waals surface area contributed by atoms with Crippen molar-refractivity contribution in [2.75, 3.05) is 0 Å². The fourth-order valence-electron chi connectivity index (χ4n) is 0. The van der Waals surface area contributed by atoms with E-state index in [1.807, 2.05) is 0 Å². The van der Waals surface area contributed by atoms with Gasteiger partial charge in [0.05, 0.1) is 0 Å². The molecule has 0 saturated carbocycles. The molecule has 0 aromatic heterocycles. The average molecular weight is 455 g/mol. The molecule has 9 nitrogen and oxygen atoms in total. The predicted molar refractivity (Wildman–Crippen MR) is 19.3 cm³/mol. The molecule has 14 heavy (non-hydrogen) atoms. The third kappa shape index (κ3) is 477. The summed E-state index contributed by atoms with van der Waals surface area (Å²) in [6.07, 6.45) is 0. The second-order valence-electron chi connectivity index (χ2n) is 0.612. The summed E-state index contributed by atoms with van der Waals surface area (Å²) in [5.41, 5.74) is 0. The van der Waals surface area contributed by atoms with Gasteiger partial charge >= 0.3 is 110 Å². The minimum atomic E-state index is -3.79. The molecule has 0 aromatic rings. The summed E-state index contributed by atoms with van der Waals surface area (Å²) >= 11 is -11.4. The molecule has 0 aliphatic heterocycles. The van der Waals surface area contributed by atoms with Crippen molar-refractivity contribution in [1.82, 2.24) is 0 Å². The van der Waals surface area contributed by atoms with Gasteiger partial charge in [0, 0.05) is 18.6 Å². The first-order chi connectivity index (χ1) is 5.20. The van der Waals surface area contributed by atoms with Gasteiger partial charge in [-0.05, 0) is 0 Å². The third-order valence-corrected chi connectivity index (χ3v) is 0. The van der Waals surface area contributed by atoms with Crippen molar-refractivity contribution < 1.29 is 84.8 Å². The summed E-state index contributed by atoms with van der Waals surface area (Å²) in [6, 6.07) is 0. The van der Waals surface area contributed by atoms with E-state index in [2.05, 4.69) is 0 Å². The molecule has 1 radical (unpaired) electrons. The van der Waals surface area contributed by atoms with E-state index in [-0.39, 0.29) is 48.1 Å². The van der Waals surface area contributed by atoms with E-state index in [1.54, 1.807) is 0 Å². The van der Waals surface area contributed by atoms with Crippen LogP contribution < -0.4 is 54.7 Å². The Bertz CT molecular complexity index is 118. The van der Waals surface area contributed by atoms with Crippen molar-refractivity contribution in [3.05, 3.63) is 0 Å². The van der Waals surface area contributed by atoms with Gasteiger partial charge in [0.1, 0.15) is 0 Å². The Morgan fingerprint density at radius 1 is 0.571 bits per heavy atom. The molecular formula is NaO9Se3V-5. The predicted octanol–water partition coefficient (Wildman–Crippen LogP) is -11.6. The molecule has 0 unspecified atom stereocenters. The van der Waals surface area contributed by atoms with Crippen molar-refractivity contribution in [2.45, 2.75) is 0 Å². The fraction of sp³-hybridized carbons (Fsp3) is 0. The van der Waals surface area contributed by atoms with Crippen LogP contribution in [0.2, 0.25) is 0 Å². The molecular weight excluding hydrogens is 455 g/mol. The maximum atomic E-state index is 8.54. The molecule has 0 bridgehead atoms. The van der Waals surface area contributed by atoms with Crippen LogP contribution in [0.15, 0.2) is 0 Å². The van der Waals surface area contributed by atoms with Crippen LogP contribution >= 0.6 is 0 Å². The van der Waals surface area contributed by atoms with Gasteiger partial charge in [0.15, 0.2) is 0 Å². The molecule has 0 N–H and O–H groups in total. The van der Waals surface area contributed by atoms with Crippen LogP contribution in [0, 0.1) is 0 Å². The van der Waals surface area contributed by atoms with Gasteiger partial charge in [-0.25, -0.2) is 0 Å². The molecule has 0 fully saturated rings. The van der Waals surface area contributed by atoms with Crippen LogP contribution in [0.3, 0.4) is 0 Å². The van der Waals surface area contributed by atoms with Gasteiger partial charge < -0.3 is 0 Å². The molecule has 0 aromatic carbocycles. The van der Waals surface area contributed by atoms with E-state index in [1.165, 1.54) is 0 Å². The Morgan fingerprint density at radius 2 is 0.571 bits per heavy atom. The summed E-state index contributed by atoms with van der Waals surface area (Å²) in [5, 5.41) is 0. The molecule has 0 aliphatic rings. The normalized spacial score (nSPS) is 7.50. The molecule has 0 saturated heterocycles. The Hall–Kier alpha value is 2.30. The summed E-state index contributed by atoms with van der Waals surface area (Å²) in [4.78, 5) is 0. The molecule has 83 valence electrons. The maximum Gasteiger partial charge on any atom is 1.00 e. The topological polar surface area (TPSA) is 190 Å². The Balaban J connectivity index is -0.0000000270. The van der Waals surface area contributed by atoms with Crippen LogP contribution in [-0.2, 0) is 30.1 Å². The monoisotopic (exact) mass is 458 g/mol. The zero-order chi connectivity index (χ0) is 10.7. The van der Waals surface area contributed by atoms with E-state index in [0.717, 1.165) is 0 Å². The number of rotatable bonds is 0. The van der Waals surface area contributed by atoms with E-state index >= 15 is 0 Å². The maximum absolute atomic E-state index is 8.54. The molecule has 0 atom stereocenters. The van der Waals surface area contributed by atoms with Crippen LogP contribution in [0.25, 0.3) is 0 Å². The van der Waals surface area contributed by atoms with E-state index in [9.17, 15) is 0 Å². The zero-order valence-electron chi connectivity index (χ0n) is 6.35. The Labute approximate surface area is 127 Å². The largest absolute Gasteiger partial charge is 1.00 e. The first kappa shape index (κ1) is 29.9. The van der Waals surface area contributed by atoms with Gasteiger partial charge in [0.25, 0.3) is 0 Å². The third-order valence-electron chi connectivity index (χ3n) is 0. The summed E-state index contributed by atoms with van der Waals surface area (Å²) in [5.74, 6) is 0. The second kappa shape index (κ2) is 24.5. The standard InChI is InChI=1S/Na.3H2O3Se.V/c;3*1-4(2)3;/h;3*(H2,1,2,3);/q+1;;;;/p-6. The summed E-state index contributed by atoms with van der Waals surface area (Å²) in [7, 11) is 0. The zero-order valence-corrected chi connectivity index (χ0v) is 14.9. The first-order valence-corrected chi connectivity index (χ1v) is 7.79. The number of hydrogen-bond donors (Lipinski definition) is 0. The van der Waals surface area contributed by atoms with Crippen LogP contribution in [-0.4, -0.2) is 43.5 Å². The molecule has 0 heterocycles. The molecule has 0 spiro atoms. The Morgan fingerprint density at radius 3 is 0.571 bits per heavy atom. The van der Waals surface area contributed by atoms with Crippen LogP contribution in [0.5, 0.6) is 0 Å². The van der Waals surface area contributed by atoms with Crippen molar-refractivity contribution in [3.63, 3.8) is 0 Å². The van der Waals surface area contributed by atoms with E-state index in [0.29, 0.717) is 0 Å². The minimum absolute atomic E-state index is 0. The van der Waals surface area contributed by atoms with Gasteiger partial charge in [0.2, 0.25) is 0 Å². The molecule has 0 amide bonds. The average Bonchev–Trinajstić information content (AvgIpc) is 1.54. The Kier molecular flexibility index (Phi) is 52.3. The number of hydrogen-bond acceptors (Lipinski definition) is 9. The van der Waals surface area contributed by atoms with Gasteiger partial charge in [-0.1, -0.05) is 0 Å². The summed E-state index contributed by atoms with van der Waals surface area (Å²) < 4.78 is 76.9.